The number of ether oxygens (including phenoxy) is 3. The maximum atomic E-state index is 13.0. The van der Waals surface area contributed by atoms with Crippen LogP contribution in [0, 0.1) is 0 Å². The van der Waals surface area contributed by atoms with Gasteiger partial charge in [0.2, 0.25) is 11.8 Å². The van der Waals surface area contributed by atoms with Crippen LogP contribution in [-0.2, 0) is 23.8 Å². The summed E-state index contributed by atoms with van der Waals surface area (Å²) in [5.74, 6) is -0.449. The van der Waals surface area contributed by atoms with E-state index >= 15 is 0 Å². The molecule has 0 radical (unpaired) electrons. The molecule has 9 heteroatoms. The molecule has 154 valence electrons. The zero-order chi connectivity index (χ0) is 20.2. The van der Waals surface area contributed by atoms with E-state index in [4.69, 9.17) is 14.2 Å². The van der Waals surface area contributed by atoms with Crippen LogP contribution in [0.4, 0.5) is 4.79 Å². The number of likely N-dealkylation sites (tertiary alicyclic amines) is 1. The molecule has 9 nitrogen and oxygen atoms in total. The fourth-order valence-corrected chi connectivity index (χ4v) is 3.25. The third-order valence-corrected chi connectivity index (χ3v) is 4.66. The number of rotatable bonds is 5. The Labute approximate surface area is 160 Å². The standard InChI is InChI=1S/C18H31N3O6/c1-12(25-5)14(16(23)20-8-10-26-11-9-20)21-7-6-13(15(21)22)19-17(24)27-18(2,3)4/h12-14H,6-11H2,1-5H3,(H,19,24)/t12-,13+,14+/m1/s1. The summed E-state index contributed by atoms with van der Waals surface area (Å²) < 4.78 is 15.9. The predicted molar refractivity (Wildman–Crippen MR) is 97.1 cm³/mol. The second kappa shape index (κ2) is 8.88. The van der Waals surface area contributed by atoms with Gasteiger partial charge in [0.1, 0.15) is 17.7 Å². The first-order valence-electron chi connectivity index (χ1n) is 9.33. The molecular weight excluding hydrogens is 354 g/mol. The Hall–Kier alpha value is -1.87. The molecule has 3 amide bonds. The number of carbonyl (C=O) groups is 3. The van der Waals surface area contributed by atoms with Crippen LogP contribution in [0.25, 0.3) is 0 Å². The third-order valence-electron chi connectivity index (χ3n) is 4.66. The first kappa shape index (κ1) is 21.4. The molecule has 27 heavy (non-hydrogen) atoms. The molecule has 0 aromatic heterocycles. The van der Waals surface area contributed by atoms with Crippen LogP contribution in [0.1, 0.15) is 34.1 Å². The molecule has 2 aliphatic heterocycles. The predicted octanol–water partition coefficient (Wildman–Crippen LogP) is 0.374. The molecule has 0 saturated carbocycles. The van der Waals surface area contributed by atoms with Gasteiger partial charge in [0.25, 0.3) is 0 Å². The van der Waals surface area contributed by atoms with Crippen LogP contribution >= 0.6 is 0 Å². The molecular formula is C18H31N3O6. The van der Waals surface area contributed by atoms with E-state index in [2.05, 4.69) is 5.32 Å². The van der Waals surface area contributed by atoms with Gasteiger partial charge in [-0.15, -0.1) is 0 Å². The van der Waals surface area contributed by atoms with E-state index in [1.54, 1.807) is 32.6 Å². The van der Waals surface area contributed by atoms with Crippen molar-refractivity contribution in [1.29, 1.82) is 0 Å². The second-order valence-electron chi connectivity index (χ2n) is 7.84. The van der Waals surface area contributed by atoms with Crippen LogP contribution < -0.4 is 5.32 Å². The first-order chi connectivity index (χ1) is 12.6. The number of carbonyl (C=O) groups excluding carboxylic acids is 3. The van der Waals surface area contributed by atoms with E-state index in [0.29, 0.717) is 39.3 Å². The lowest BCUT2D eigenvalue weighted by Gasteiger charge is -2.36. The highest BCUT2D eigenvalue weighted by Crippen LogP contribution is 2.21. The molecule has 2 heterocycles. The molecule has 0 aromatic carbocycles. The van der Waals surface area contributed by atoms with Gasteiger partial charge in [0, 0.05) is 26.7 Å². The van der Waals surface area contributed by atoms with E-state index in [1.807, 2.05) is 0 Å². The average Bonchev–Trinajstić information content (AvgIpc) is 2.94. The van der Waals surface area contributed by atoms with Gasteiger partial charge in [0.05, 0.1) is 19.3 Å². The summed E-state index contributed by atoms with van der Waals surface area (Å²) in [5, 5.41) is 2.61. The summed E-state index contributed by atoms with van der Waals surface area (Å²) in [4.78, 5) is 41.1. The van der Waals surface area contributed by atoms with Crippen molar-refractivity contribution in [3.8, 4) is 0 Å². The Kier molecular flexibility index (Phi) is 7.05. The Balaban J connectivity index is 2.07. The van der Waals surface area contributed by atoms with Crippen molar-refractivity contribution in [3.63, 3.8) is 0 Å². The maximum Gasteiger partial charge on any atom is 0.408 e. The van der Waals surface area contributed by atoms with Crippen LogP contribution in [0.2, 0.25) is 0 Å². The molecule has 0 aliphatic carbocycles. The minimum Gasteiger partial charge on any atom is -0.444 e. The highest BCUT2D eigenvalue weighted by molar-refractivity contribution is 5.93. The summed E-state index contributed by atoms with van der Waals surface area (Å²) in [6.45, 7) is 9.36. The SMILES string of the molecule is CO[C@H](C)[C@@H](C(=O)N1CCOCC1)N1CC[C@H](NC(=O)OC(C)(C)C)C1=O. The Morgan fingerprint density at radius 3 is 2.41 bits per heavy atom. The normalized spacial score (nSPS) is 23.1. The minimum absolute atomic E-state index is 0.154. The Morgan fingerprint density at radius 2 is 1.85 bits per heavy atom. The number of amides is 3. The molecule has 2 aliphatic rings. The third kappa shape index (κ3) is 5.55. The fraction of sp³-hybridized carbons (Fsp3) is 0.833. The average molecular weight is 385 g/mol. The Bertz CT molecular complexity index is 556. The van der Waals surface area contributed by atoms with Gasteiger partial charge in [-0.05, 0) is 34.1 Å². The zero-order valence-electron chi connectivity index (χ0n) is 16.8. The molecule has 0 bridgehead atoms. The first-order valence-corrected chi connectivity index (χ1v) is 9.33. The smallest absolute Gasteiger partial charge is 0.408 e. The number of nitrogens with zero attached hydrogens (tertiary/aromatic N) is 2. The monoisotopic (exact) mass is 385 g/mol. The van der Waals surface area contributed by atoms with Gasteiger partial charge in [-0.1, -0.05) is 0 Å². The maximum absolute atomic E-state index is 13.0. The minimum atomic E-state index is -0.731. The summed E-state index contributed by atoms with van der Waals surface area (Å²) >= 11 is 0. The number of morpholine rings is 1. The van der Waals surface area contributed by atoms with Crippen molar-refractivity contribution < 1.29 is 28.6 Å². The van der Waals surface area contributed by atoms with E-state index in [-0.39, 0.29) is 11.8 Å². The van der Waals surface area contributed by atoms with Crippen molar-refractivity contribution in [1.82, 2.24) is 15.1 Å². The molecule has 0 unspecified atom stereocenters. The molecule has 3 atom stereocenters. The number of nitrogens with one attached hydrogen (secondary N) is 1. The number of methoxy groups -OCH3 is 1. The largest absolute Gasteiger partial charge is 0.444 e. The molecule has 2 rings (SSSR count). The molecule has 0 aromatic rings. The van der Waals surface area contributed by atoms with Crippen LogP contribution in [0.3, 0.4) is 0 Å². The van der Waals surface area contributed by atoms with Crippen molar-refractivity contribution in [2.75, 3.05) is 40.0 Å². The summed E-state index contributed by atoms with van der Waals surface area (Å²) in [6.07, 6.45) is -0.690. The van der Waals surface area contributed by atoms with Crippen molar-refractivity contribution >= 4 is 17.9 Å². The molecule has 2 saturated heterocycles. The lowest BCUT2D eigenvalue weighted by Crippen LogP contribution is -2.57. The van der Waals surface area contributed by atoms with Gasteiger partial charge < -0.3 is 29.3 Å². The summed E-state index contributed by atoms with van der Waals surface area (Å²) in [5.41, 5.74) is -0.648. The summed E-state index contributed by atoms with van der Waals surface area (Å²) in [6, 6.07) is -1.44. The topological polar surface area (TPSA) is 97.4 Å². The number of hydrogen-bond donors (Lipinski definition) is 1. The molecule has 0 spiro atoms. The van der Waals surface area contributed by atoms with Gasteiger partial charge in [-0.25, -0.2) is 4.79 Å². The van der Waals surface area contributed by atoms with Crippen LogP contribution in [-0.4, -0.2) is 91.5 Å². The van der Waals surface area contributed by atoms with Gasteiger partial charge in [-0.3, -0.25) is 9.59 Å². The molecule has 2 fully saturated rings. The van der Waals surface area contributed by atoms with E-state index in [9.17, 15) is 14.4 Å². The van der Waals surface area contributed by atoms with Gasteiger partial charge >= 0.3 is 6.09 Å². The fourth-order valence-electron chi connectivity index (χ4n) is 3.25. The second-order valence-corrected chi connectivity index (χ2v) is 7.84. The Morgan fingerprint density at radius 1 is 1.22 bits per heavy atom. The van der Waals surface area contributed by atoms with Gasteiger partial charge in [0.15, 0.2) is 0 Å². The van der Waals surface area contributed by atoms with Gasteiger partial charge in [-0.2, -0.15) is 0 Å². The van der Waals surface area contributed by atoms with E-state index in [0.717, 1.165) is 0 Å². The zero-order valence-corrected chi connectivity index (χ0v) is 16.8. The van der Waals surface area contributed by atoms with E-state index < -0.39 is 29.9 Å². The molecule has 1 N–H and O–H groups in total. The van der Waals surface area contributed by atoms with E-state index in [1.165, 1.54) is 12.0 Å². The van der Waals surface area contributed by atoms with Crippen molar-refractivity contribution in [2.45, 2.75) is 57.9 Å². The summed E-state index contributed by atoms with van der Waals surface area (Å²) in [7, 11) is 1.52. The number of alkyl carbamates (subject to hydrolysis) is 1. The lowest BCUT2D eigenvalue weighted by atomic mass is 10.1. The number of hydrogen-bond acceptors (Lipinski definition) is 6. The quantitative estimate of drug-likeness (QED) is 0.735. The highest BCUT2D eigenvalue weighted by atomic mass is 16.6. The highest BCUT2D eigenvalue weighted by Gasteiger charge is 2.44. The van der Waals surface area contributed by atoms with Crippen LogP contribution in [0.5, 0.6) is 0 Å². The van der Waals surface area contributed by atoms with Crippen molar-refractivity contribution in [3.05, 3.63) is 0 Å². The van der Waals surface area contributed by atoms with Crippen molar-refractivity contribution in [2.24, 2.45) is 0 Å². The lowest BCUT2D eigenvalue weighted by molar-refractivity contribution is -0.152. The van der Waals surface area contributed by atoms with Crippen LogP contribution in [0.15, 0.2) is 0 Å².